The molecule has 0 radical (unpaired) electrons. The molecule has 1 aliphatic carbocycles. The second-order valence-electron chi connectivity index (χ2n) is 4.62. The highest BCUT2D eigenvalue weighted by molar-refractivity contribution is 5.78. The average molecular weight is 216 g/mol. The van der Waals surface area contributed by atoms with E-state index in [0.29, 0.717) is 6.04 Å². The third kappa shape index (κ3) is 1.61. The van der Waals surface area contributed by atoms with E-state index in [1.165, 1.54) is 10.9 Å². The van der Waals surface area contributed by atoms with Crippen LogP contribution < -0.4 is 0 Å². The van der Waals surface area contributed by atoms with E-state index < -0.39 is 0 Å². The molecule has 0 spiro atoms. The summed E-state index contributed by atoms with van der Waals surface area (Å²) in [5.74, 6) is 0. The molecule has 1 aromatic heterocycles. The molecule has 0 amide bonds. The molecule has 3 nitrogen and oxygen atoms in total. The number of para-hydroxylation sites is 1. The zero-order chi connectivity index (χ0) is 11.0. The van der Waals surface area contributed by atoms with Gasteiger partial charge in [0.05, 0.1) is 23.9 Å². The van der Waals surface area contributed by atoms with E-state index in [0.717, 1.165) is 25.7 Å². The second kappa shape index (κ2) is 3.91. The largest absolute Gasteiger partial charge is 0.393 e. The molecular formula is C13H16N2O. The van der Waals surface area contributed by atoms with E-state index in [2.05, 4.69) is 21.9 Å². The molecule has 2 aromatic rings. The second-order valence-corrected chi connectivity index (χ2v) is 4.62. The zero-order valence-corrected chi connectivity index (χ0v) is 9.21. The van der Waals surface area contributed by atoms with E-state index >= 15 is 0 Å². The van der Waals surface area contributed by atoms with Crippen molar-refractivity contribution in [3.8, 4) is 0 Å². The summed E-state index contributed by atoms with van der Waals surface area (Å²) in [4.78, 5) is 0. The van der Waals surface area contributed by atoms with Gasteiger partial charge in [0.1, 0.15) is 0 Å². The average Bonchev–Trinajstić information content (AvgIpc) is 2.72. The Morgan fingerprint density at radius 1 is 1.25 bits per heavy atom. The first-order valence-corrected chi connectivity index (χ1v) is 5.95. The lowest BCUT2D eigenvalue weighted by atomic mass is 9.93. The van der Waals surface area contributed by atoms with E-state index in [4.69, 9.17) is 0 Å². The molecule has 16 heavy (non-hydrogen) atoms. The van der Waals surface area contributed by atoms with Gasteiger partial charge in [-0.3, -0.25) is 4.68 Å². The molecule has 0 bridgehead atoms. The van der Waals surface area contributed by atoms with Gasteiger partial charge >= 0.3 is 0 Å². The quantitative estimate of drug-likeness (QED) is 0.795. The standard InChI is InChI=1S/C13H16N2O/c16-12-6-3-5-11(8-12)15-13-7-2-1-4-10(13)9-14-15/h1-2,4,7,9,11-12,16H,3,5-6,8H2. The monoisotopic (exact) mass is 216 g/mol. The topological polar surface area (TPSA) is 38.0 Å². The van der Waals surface area contributed by atoms with Crippen molar-refractivity contribution in [2.45, 2.75) is 37.8 Å². The summed E-state index contributed by atoms with van der Waals surface area (Å²) in [7, 11) is 0. The minimum Gasteiger partial charge on any atom is -0.393 e. The third-order valence-corrected chi connectivity index (χ3v) is 3.47. The maximum Gasteiger partial charge on any atom is 0.0685 e. The lowest BCUT2D eigenvalue weighted by Gasteiger charge is -2.26. The number of nitrogens with zero attached hydrogens (tertiary/aromatic N) is 2. The Bertz CT molecular complexity index is 491. The molecule has 2 unspecified atom stereocenters. The van der Waals surface area contributed by atoms with Gasteiger partial charge in [0.25, 0.3) is 0 Å². The van der Waals surface area contributed by atoms with Crippen LogP contribution in [0.15, 0.2) is 30.5 Å². The Balaban J connectivity index is 1.99. The minimum absolute atomic E-state index is 0.151. The number of benzene rings is 1. The van der Waals surface area contributed by atoms with Crippen molar-refractivity contribution in [3.63, 3.8) is 0 Å². The Hall–Kier alpha value is -1.35. The summed E-state index contributed by atoms with van der Waals surface area (Å²) in [6.45, 7) is 0. The van der Waals surface area contributed by atoms with Crippen LogP contribution in [0.5, 0.6) is 0 Å². The summed E-state index contributed by atoms with van der Waals surface area (Å²) in [5.41, 5.74) is 1.18. The molecule has 0 saturated heterocycles. The van der Waals surface area contributed by atoms with Gasteiger partial charge in [-0.2, -0.15) is 5.10 Å². The molecule has 1 N–H and O–H groups in total. The Labute approximate surface area is 94.7 Å². The first kappa shape index (κ1) is 9.85. The maximum atomic E-state index is 9.71. The van der Waals surface area contributed by atoms with Gasteiger partial charge in [0.15, 0.2) is 0 Å². The number of aromatic nitrogens is 2. The molecule has 1 saturated carbocycles. The van der Waals surface area contributed by atoms with E-state index in [9.17, 15) is 5.11 Å². The number of fused-ring (bicyclic) bond motifs is 1. The molecule has 1 aliphatic rings. The fourth-order valence-corrected chi connectivity index (χ4v) is 2.64. The number of hydrogen-bond acceptors (Lipinski definition) is 2. The van der Waals surface area contributed by atoms with Crippen molar-refractivity contribution in [2.24, 2.45) is 0 Å². The van der Waals surface area contributed by atoms with Gasteiger partial charge in [-0.05, 0) is 31.7 Å². The number of hydrogen-bond donors (Lipinski definition) is 1. The van der Waals surface area contributed by atoms with Crippen molar-refractivity contribution in [1.29, 1.82) is 0 Å². The van der Waals surface area contributed by atoms with E-state index in [1.54, 1.807) is 0 Å². The van der Waals surface area contributed by atoms with E-state index in [1.807, 2.05) is 18.3 Å². The highest BCUT2D eigenvalue weighted by Crippen LogP contribution is 2.30. The minimum atomic E-state index is -0.151. The lowest BCUT2D eigenvalue weighted by Crippen LogP contribution is -2.23. The summed E-state index contributed by atoms with van der Waals surface area (Å²) in [6, 6.07) is 8.62. The SMILES string of the molecule is OC1CCCC(n2ncc3ccccc32)C1. The van der Waals surface area contributed by atoms with Crippen LogP contribution in [0.1, 0.15) is 31.7 Å². The van der Waals surface area contributed by atoms with Gasteiger partial charge in [-0.1, -0.05) is 18.2 Å². The normalized spacial score (nSPS) is 26.1. The summed E-state index contributed by atoms with van der Waals surface area (Å²) in [5, 5.41) is 15.4. The Kier molecular flexibility index (Phi) is 2.40. The molecule has 1 aromatic carbocycles. The zero-order valence-electron chi connectivity index (χ0n) is 9.21. The smallest absolute Gasteiger partial charge is 0.0685 e. The van der Waals surface area contributed by atoms with Crippen molar-refractivity contribution >= 4 is 10.9 Å². The van der Waals surface area contributed by atoms with Crippen molar-refractivity contribution in [1.82, 2.24) is 9.78 Å². The predicted molar refractivity (Wildman–Crippen MR) is 63.2 cm³/mol. The summed E-state index contributed by atoms with van der Waals surface area (Å²) >= 11 is 0. The maximum absolute atomic E-state index is 9.71. The van der Waals surface area contributed by atoms with Crippen LogP contribution in [0.3, 0.4) is 0 Å². The molecule has 0 aliphatic heterocycles. The van der Waals surface area contributed by atoms with Crippen LogP contribution in [0.4, 0.5) is 0 Å². The van der Waals surface area contributed by atoms with Crippen molar-refractivity contribution in [2.75, 3.05) is 0 Å². The van der Waals surface area contributed by atoms with Gasteiger partial charge in [-0.15, -0.1) is 0 Å². The van der Waals surface area contributed by atoms with Gasteiger partial charge in [0.2, 0.25) is 0 Å². The molecule has 1 fully saturated rings. The van der Waals surface area contributed by atoms with Crippen LogP contribution in [-0.2, 0) is 0 Å². The lowest BCUT2D eigenvalue weighted by molar-refractivity contribution is 0.101. The molecule has 3 heteroatoms. The fraction of sp³-hybridized carbons (Fsp3) is 0.462. The fourth-order valence-electron chi connectivity index (χ4n) is 2.64. The van der Waals surface area contributed by atoms with Crippen LogP contribution in [0.2, 0.25) is 0 Å². The molecular weight excluding hydrogens is 200 g/mol. The highest BCUT2D eigenvalue weighted by atomic mass is 16.3. The highest BCUT2D eigenvalue weighted by Gasteiger charge is 2.22. The van der Waals surface area contributed by atoms with Gasteiger partial charge < -0.3 is 5.11 Å². The summed E-state index contributed by atoms with van der Waals surface area (Å²) < 4.78 is 2.08. The molecule has 1 heterocycles. The Morgan fingerprint density at radius 2 is 2.12 bits per heavy atom. The molecule has 2 atom stereocenters. The van der Waals surface area contributed by atoms with Crippen molar-refractivity contribution in [3.05, 3.63) is 30.5 Å². The number of rotatable bonds is 1. The first-order chi connectivity index (χ1) is 7.84. The molecule has 3 rings (SSSR count). The van der Waals surface area contributed by atoms with Gasteiger partial charge in [0, 0.05) is 5.39 Å². The number of aliphatic hydroxyl groups excluding tert-OH is 1. The summed E-state index contributed by atoms with van der Waals surface area (Å²) in [6.07, 6.45) is 5.77. The van der Waals surface area contributed by atoms with Gasteiger partial charge in [-0.25, -0.2) is 0 Å². The Morgan fingerprint density at radius 3 is 3.00 bits per heavy atom. The third-order valence-electron chi connectivity index (χ3n) is 3.47. The van der Waals surface area contributed by atoms with E-state index in [-0.39, 0.29) is 6.10 Å². The molecule has 84 valence electrons. The first-order valence-electron chi connectivity index (χ1n) is 5.95. The van der Waals surface area contributed by atoms with Crippen LogP contribution in [0, 0.1) is 0 Å². The van der Waals surface area contributed by atoms with Crippen LogP contribution >= 0.6 is 0 Å². The van der Waals surface area contributed by atoms with Crippen LogP contribution in [-0.4, -0.2) is 21.0 Å². The van der Waals surface area contributed by atoms with Crippen molar-refractivity contribution < 1.29 is 5.11 Å². The predicted octanol–water partition coefficient (Wildman–Crippen LogP) is 2.51. The van der Waals surface area contributed by atoms with Crippen LogP contribution in [0.25, 0.3) is 10.9 Å². The number of aliphatic hydroxyl groups is 1.